The number of allylic oxidation sites excluding steroid dienone is 8. The molecule has 0 saturated carbocycles. The van der Waals surface area contributed by atoms with Gasteiger partial charge in [0.15, 0.2) is 0 Å². The molecule has 3 N–H and O–H groups in total. The first kappa shape index (κ1) is 47.5. The highest BCUT2D eigenvalue weighted by atomic mass is 31.2. The van der Waals surface area contributed by atoms with E-state index < -0.39 is 13.9 Å². The third kappa shape index (κ3) is 37.5. The number of hydrogen-bond donors (Lipinski definition) is 2. The molecule has 0 aromatic carbocycles. The Morgan fingerprint density at radius 2 is 1.14 bits per heavy atom. The van der Waals surface area contributed by atoms with Crippen LogP contribution >= 0.6 is 7.82 Å². The summed E-state index contributed by atoms with van der Waals surface area (Å²) in [6, 6.07) is 0. The summed E-state index contributed by atoms with van der Waals surface area (Å²) in [5.74, 6) is -0.350. The second-order valence-corrected chi connectivity index (χ2v) is 14.2. The van der Waals surface area contributed by atoms with Gasteiger partial charge in [0, 0.05) is 19.6 Å². The summed E-state index contributed by atoms with van der Waals surface area (Å²) in [7, 11) is -4.26. The highest BCUT2D eigenvalue weighted by Crippen LogP contribution is 2.43. The molecule has 9 heteroatoms. The molecule has 0 aliphatic carbocycles. The smallest absolute Gasteiger partial charge is 0.457 e. The van der Waals surface area contributed by atoms with Gasteiger partial charge in [-0.05, 0) is 51.4 Å². The molecule has 0 heterocycles. The van der Waals surface area contributed by atoms with Gasteiger partial charge in [-0.1, -0.05) is 152 Å². The molecule has 0 amide bonds. The molecule has 0 aliphatic heterocycles. The number of unbranched alkanes of at least 4 members (excludes halogenated alkanes) is 16. The van der Waals surface area contributed by atoms with Gasteiger partial charge < -0.3 is 20.1 Å². The Hall–Kier alpha value is -1.54. The fraction of sp³-hybridized carbons (Fsp3) is 0.775. The first-order valence-electron chi connectivity index (χ1n) is 19.6. The fourth-order valence-electron chi connectivity index (χ4n) is 5.16. The predicted octanol–water partition coefficient (Wildman–Crippen LogP) is 11.2. The normalized spacial score (nSPS) is 14.1. The molecular weight excluding hydrogens is 637 g/mol. The Balaban J connectivity index is 3.74. The van der Waals surface area contributed by atoms with Crippen LogP contribution in [0.15, 0.2) is 48.6 Å². The number of hydrogen-bond acceptors (Lipinski definition) is 7. The second-order valence-electron chi connectivity index (χ2n) is 12.8. The van der Waals surface area contributed by atoms with Gasteiger partial charge in [0.2, 0.25) is 0 Å². The van der Waals surface area contributed by atoms with E-state index in [1.165, 1.54) is 77.0 Å². The van der Waals surface area contributed by atoms with Crippen molar-refractivity contribution in [2.45, 2.75) is 168 Å². The van der Waals surface area contributed by atoms with E-state index in [1.807, 2.05) is 0 Å². The maximum atomic E-state index is 12.3. The summed E-state index contributed by atoms with van der Waals surface area (Å²) < 4.78 is 33.0. The van der Waals surface area contributed by atoms with E-state index in [0.29, 0.717) is 13.0 Å². The Morgan fingerprint density at radius 1 is 0.633 bits per heavy atom. The summed E-state index contributed by atoms with van der Waals surface area (Å²) in [6.45, 7) is 4.67. The molecule has 0 aromatic heterocycles. The van der Waals surface area contributed by atoms with Gasteiger partial charge in [-0.25, -0.2) is 4.57 Å². The van der Waals surface area contributed by atoms with Crippen LogP contribution in [-0.4, -0.2) is 49.9 Å². The standard InChI is InChI=1S/C40H74NO7P/c1-3-5-7-9-10-11-12-13-14-15-16-17-18-19-20-21-22-23-24-25-26-27-28-29-30-32-35-45-37-39(38-47-49(43,44)46-36-34-41)48-40(42)33-31-8-6-4-2/h5,7,10-11,13-14,16-17,39H,3-4,6,8-9,12,15,18-38,41H2,1-2H3,(H,43,44)/b7-5-,11-10-,14-13-,17-16-. The molecule has 0 aromatic rings. The number of carbonyl (C=O) groups excluding carboxylic acids is 1. The number of nitrogens with two attached hydrogens (primary N) is 1. The molecule has 0 radical (unpaired) electrons. The summed E-state index contributed by atoms with van der Waals surface area (Å²) >= 11 is 0. The number of phosphoric ester groups is 1. The average Bonchev–Trinajstić information content (AvgIpc) is 3.09. The number of ether oxygens (including phenoxy) is 2. The number of rotatable bonds is 37. The van der Waals surface area contributed by atoms with E-state index in [9.17, 15) is 14.3 Å². The zero-order valence-electron chi connectivity index (χ0n) is 31.4. The van der Waals surface area contributed by atoms with Crippen molar-refractivity contribution in [2.24, 2.45) is 5.73 Å². The minimum atomic E-state index is -4.26. The molecule has 0 saturated heterocycles. The first-order valence-corrected chi connectivity index (χ1v) is 21.1. The minimum Gasteiger partial charge on any atom is -0.457 e. The van der Waals surface area contributed by atoms with Gasteiger partial charge in [-0.3, -0.25) is 13.8 Å². The molecule has 0 rings (SSSR count). The second kappa shape index (κ2) is 37.7. The van der Waals surface area contributed by atoms with Crippen molar-refractivity contribution >= 4 is 13.8 Å². The Labute approximate surface area is 301 Å². The number of carbonyl (C=O) groups is 1. The van der Waals surface area contributed by atoms with Crippen LogP contribution in [0, 0.1) is 0 Å². The summed E-state index contributed by atoms with van der Waals surface area (Å²) in [4.78, 5) is 22.0. The molecule has 0 spiro atoms. The predicted molar refractivity (Wildman–Crippen MR) is 206 cm³/mol. The van der Waals surface area contributed by atoms with Crippen molar-refractivity contribution in [1.82, 2.24) is 0 Å². The van der Waals surface area contributed by atoms with Crippen LogP contribution in [0.2, 0.25) is 0 Å². The molecule has 2 unspecified atom stereocenters. The molecule has 0 bridgehead atoms. The summed E-state index contributed by atoms with van der Waals surface area (Å²) in [6.07, 6.45) is 43.4. The van der Waals surface area contributed by atoms with Crippen LogP contribution in [-0.2, 0) is 27.9 Å². The monoisotopic (exact) mass is 712 g/mol. The highest BCUT2D eigenvalue weighted by Gasteiger charge is 2.25. The highest BCUT2D eigenvalue weighted by molar-refractivity contribution is 7.47. The SMILES string of the molecule is CC/C=C\C/C=C\C/C=C\C/C=C\CCCCCCCCCCCCCCCOCC(COP(=O)(O)OCCN)OC(=O)CCCCCC. The fourth-order valence-corrected chi connectivity index (χ4v) is 5.93. The maximum Gasteiger partial charge on any atom is 0.472 e. The van der Waals surface area contributed by atoms with Crippen LogP contribution in [0.5, 0.6) is 0 Å². The molecule has 8 nitrogen and oxygen atoms in total. The van der Waals surface area contributed by atoms with Crippen LogP contribution < -0.4 is 5.73 Å². The van der Waals surface area contributed by atoms with E-state index in [1.54, 1.807) is 0 Å². The lowest BCUT2D eigenvalue weighted by Crippen LogP contribution is -2.28. The lowest BCUT2D eigenvalue weighted by Gasteiger charge is -2.20. The van der Waals surface area contributed by atoms with Crippen LogP contribution in [0.1, 0.15) is 162 Å². The van der Waals surface area contributed by atoms with Gasteiger partial charge in [-0.2, -0.15) is 0 Å². The van der Waals surface area contributed by atoms with E-state index >= 15 is 0 Å². The largest absolute Gasteiger partial charge is 0.472 e. The molecule has 286 valence electrons. The van der Waals surface area contributed by atoms with Crippen molar-refractivity contribution in [3.05, 3.63) is 48.6 Å². The van der Waals surface area contributed by atoms with Crippen LogP contribution in [0.4, 0.5) is 0 Å². The number of phosphoric acid groups is 1. The third-order valence-corrected chi connectivity index (χ3v) is 8.99. The van der Waals surface area contributed by atoms with Gasteiger partial charge in [0.05, 0.1) is 19.8 Å². The zero-order valence-corrected chi connectivity index (χ0v) is 32.3. The van der Waals surface area contributed by atoms with Crippen molar-refractivity contribution in [3.8, 4) is 0 Å². The van der Waals surface area contributed by atoms with Crippen LogP contribution in [0.25, 0.3) is 0 Å². The van der Waals surface area contributed by atoms with Gasteiger partial charge in [0.25, 0.3) is 0 Å². The molecule has 2 atom stereocenters. The summed E-state index contributed by atoms with van der Waals surface area (Å²) in [5, 5.41) is 0. The quantitative estimate of drug-likeness (QED) is 0.0283. The topological polar surface area (TPSA) is 117 Å². The lowest BCUT2D eigenvalue weighted by molar-refractivity contribution is -0.154. The number of esters is 1. The molecular formula is C40H74NO7P. The molecule has 49 heavy (non-hydrogen) atoms. The van der Waals surface area contributed by atoms with Crippen molar-refractivity contribution in [2.75, 3.05) is 33.0 Å². The summed E-state index contributed by atoms with van der Waals surface area (Å²) in [5.41, 5.74) is 5.32. The van der Waals surface area contributed by atoms with E-state index in [4.69, 9.17) is 24.3 Å². The Morgan fingerprint density at radius 3 is 1.69 bits per heavy atom. The maximum absolute atomic E-state index is 12.3. The van der Waals surface area contributed by atoms with Crippen molar-refractivity contribution < 1.29 is 32.8 Å². The first-order chi connectivity index (χ1) is 23.9. The van der Waals surface area contributed by atoms with E-state index in [2.05, 4.69) is 62.5 Å². The van der Waals surface area contributed by atoms with Crippen molar-refractivity contribution in [3.63, 3.8) is 0 Å². The average molecular weight is 712 g/mol. The third-order valence-electron chi connectivity index (χ3n) is 8.01. The molecule has 0 fully saturated rings. The van der Waals surface area contributed by atoms with E-state index in [-0.39, 0.29) is 32.3 Å². The molecule has 0 aliphatic rings. The Kier molecular flexibility index (Phi) is 36.5. The van der Waals surface area contributed by atoms with E-state index in [0.717, 1.165) is 64.2 Å². The van der Waals surface area contributed by atoms with Crippen molar-refractivity contribution in [1.29, 1.82) is 0 Å². The van der Waals surface area contributed by atoms with Gasteiger partial charge >= 0.3 is 13.8 Å². The lowest BCUT2D eigenvalue weighted by atomic mass is 10.0. The Bertz CT molecular complexity index is 890. The van der Waals surface area contributed by atoms with Crippen LogP contribution in [0.3, 0.4) is 0 Å². The van der Waals surface area contributed by atoms with Gasteiger partial charge in [0.1, 0.15) is 6.10 Å². The minimum absolute atomic E-state index is 0.0965. The van der Waals surface area contributed by atoms with Gasteiger partial charge in [-0.15, -0.1) is 0 Å². The zero-order chi connectivity index (χ0) is 35.9.